The molecule has 0 saturated heterocycles. The molecule has 0 aliphatic heterocycles. The minimum atomic E-state index is -0.235. The van der Waals surface area contributed by atoms with Crippen molar-refractivity contribution in [3.63, 3.8) is 0 Å². The Morgan fingerprint density at radius 3 is 1.88 bits per heavy atom. The first-order chi connectivity index (χ1) is 15.7. The Morgan fingerprint density at radius 2 is 1.19 bits per heavy atom. The smallest absolute Gasteiger partial charge is 0.159 e. The largest absolute Gasteiger partial charge is 0.236 e. The summed E-state index contributed by atoms with van der Waals surface area (Å²) in [6, 6.07) is 13.6. The second-order valence-electron chi connectivity index (χ2n) is 8.78. The van der Waals surface area contributed by atoms with Crippen LogP contribution in [0.15, 0.2) is 54.9 Å². The number of nitrogens with zero attached hydrogens (tertiary/aromatic N) is 2. The van der Waals surface area contributed by atoms with Gasteiger partial charge in [0.05, 0.1) is 0 Å². The van der Waals surface area contributed by atoms with Gasteiger partial charge in [-0.2, -0.15) is 0 Å². The Bertz CT molecular complexity index is 932. The number of halogens is 1. The fourth-order valence-corrected chi connectivity index (χ4v) is 4.06. The van der Waals surface area contributed by atoms with E-state index >= 15 is 0 Å². The highest BCUT2D eigenvalue weighted by atomic mass is 19.1. The van der Waals surface area contributed by atoms with Crippen LogP contribution in [0.2, 0.25) is 0 Å². The van der Waals surface area contributed by atoms with Gasteiger partial charge in [-0.25, -0.2) is 14.4 Å². The lowest BCUT2D eigenvalue weighted by atomic mass is 9.99. The van der Waals surface area contributed by atoms with Crippen LogP contribution in [-0.4, -0.2) is 9.97 Å². The van der Waals surface area contributed by atoms with Gasteiger partial charge in [0.2, 0.25) is 0 Å². The molecule has 0 spiro atoms. The number of aryl methyl sites for hydroxylation is 2. The summed E-state index contributed by atoms with van der Waals surface area (Å²) in [4.78, 5) is 8.98. The molecule has 0 atom stereocenters. The summed E-state index contributed by atoms with van der Waals surface area (Å²) in [5.41, 5.74) is 4.71. The van der Waals surface area contributed by atoms with E-state index in [1.54, 1.807) is 6.07 Å². The minimum Gasteiger partial charge on any atom is -0.236 e. The molecule has 3 aromatic rings. The van der Waals surface area contributed by atoms with E-state index in [-0.39, 0.29) is 5.82 Å². The topological polar surface area (TPSA) is 25.8 Å². The van der Waals surface area contributed by atoms with E-state index in [1.165, 1.54) is 63.4 Å². The van der Waals surface area contributed by atoms with Crippen LogP contribution in [0.25, 0.3) is 22.5 Å². The van der Waals surface area contributed by atoms with Gasteiger partial charge in [-0.15, -0.1) is 0 Å². The van der Waals surface area contributed by atoms with Crippen LogP contribution in [-0.2, 0) is 12.8 Å². The van der Waals surface area contributed by atoms with Gasteiger partial charge < -0.3 is 0 Å². The van der Waals surface area contributed by atoms with Crippen LogP contribution in [0.5, 0.6) is 0 Å². The van der Waals surface area contributed by atoms with E-state index < -0.39 is 0 Å². The van der Waals surface area contributed by atoms with Crippen molar-refractivity contribution in [2.75, 3.05) is 0 Å². The molecule has 170 valence electrons. The molecule has 2 aromatic carbocycles. The summed E-state index contributed by atoms with van der Waals surface area (Å²) in [6.45, 7) is 4.45. The van der Waals surface area contributed by atoms with Crippen molar-refractivity contribution >= 4 is 0 Å². The molecular weight excluding hydrogens is 395 g/mol. The molecule has 32 heavy (non-hydrogen) atoms. The molecule has 0 fully saturated rings. The Hall–Kier alpha value is -2.55. The summed E-state index contributed by atoms with van der Waals surface area (Å²) in [5, 5.41) is 0. The summed E-state index contributed by atoms with van der Waals surface area (Å²) >= 11 is 0. The number of aromatic nitrogens is 2. The highest BCUT2D eigenvalue weighted by molar-refractivity contribution is 5.68. The molecule has 3 rings (SSSR count). The molecule has 2 nitrogen and oxygen atoms in total. The lowest BCUT2D eigenvalue weighted by molar-refractivity contribution is 0.607. The molecule has 3 heteroatoms. The lowest BCUT2D eigenvalue weighted by Gasteiger charge is -2.08. The van der Waals surface area contributed by atoms with Crippen molar-refractivity contribution in [2.24, 2.45) is 0 Å². The SMILES string of the molecule is CCCCCCCCc1cnc(-c2ccc(-c3ccc(CCCCC)cc3)c(F)c2)nc1. The maximum atomic E-state index is 14.9. The molecule has 0 saturated carbocycles. The van der Waals surface area contributed by atoms with Crippen LogP contribution < -0.4 is 0 Å². The first kappa shape index (κ1) is 24.1. The van der Waals surface area contributed by atoms with Crippen molar-refractivity contribution in [2.45, 2.75) is 84.5 Å². The van der Waals surface area contributed by atoms with Crippen LogP contribution in [0, 0.1) is 5.82 Å². The Kier molecular flexibility index (Phi) is 9.87. The molecule has 0 aliphatic rings. The van der Waals surface area contributed by atoms with Crippen molar-refractivity contribution < 1.29 is 4.39 Å². The predicted octanol–water partition coefficient (Wildman–Crippen LogP) is 8.59. The third-order valence-corrected chi connectivity index (χ3v) is 6.09. The zero-order valence-electron chi connectivity index (χ0n) is 19.7. The number of hydrogen-bond acceptors (Lipinski definition) is 2. The Morgan fingerprint density at radius 1 is 0.625 bits per heavy atom. The molecule has 0 unspecified atom stereocenters. The first-order valence-electron chi connectivity index (χ1n) is 12.4. The van der Waals surface area contributed by atoms with Gasteiger partial charge in [0.1, 0.15) is 5.82 Å². The van der Waals surface area contributed by atoms with E-state index in [4.69, 9.17) is 0 Å². The summed E-state index contributed by atoms with van der Waals surface area (Å²) in [6.07, 6.45) is 17.2. The fraction of sp³-hybridized carbons (Fsp3) is 0.448. The average Bonchev–Trinajstić information content (AvgIpc) is 2.82. The van der Waals surface area contributed by atoms with Crippen LogP contribution >= 0.6 is 0 Å². The summed E-state index contributed by atoms with van der Waals surface area (Å²) in [5.74, 6) is 0.342. The van der Waals surface area contributed by atoms with Crippen LogP contribution in [0.4, 0.5) is 4.39 Å². The van der Waals surface area contributed by atoms with Gasteiger partial charge in [-0.3, -0.25) is 0 Å². The van der Waals surface area contributed by atoms with Crippen molar-refractivity contribution in [1.82, 2.24) is 9.97 Å². The van der Waals surface area contributed by atoms with E-state index in [2.05, 4.69) is 35.9 Å². The van der Waals surface area contributed by atoms with Gasteiger partial charge in [0.15, 0.2) is 5.82 Å². The molecule has 1 heterocycles. The van der Waals surface area contributed by atoms with Crippen molar-refractivity contribution in [1.29, 1.82) is 0 Å². The lowest BCUT2D eigenvalue weighted by Crippen LogP contribution is -1.95. The highest BCUT2D eigenvalue weighted by Gasteiger charge is 2.09. The third kappa shape index (κ3) is 7.25. The van der Waals surface area contributed by atoms with Crippen molar-refractivity contribution in [3.8, 4) is 22.5 Å². The summed E-state index contributed by atoms with van der Waals surface area (Å²) in [7, 11) is 0. The van der Waals surface area contributed by atoms with Gasteiger partial charge in [0.25, 0.3) is 0 Å². The average molecular weight is 433 g/mol. The molecular formula is C29H37FN2. The van der Waals surface area contributed by atoms with Crippen LogP contribution in [0.3, 0.4) is 0 Å². The first-order valence-corrected chi connectivity index (χ1v) is 12.4. The fourth-order valence-electron chi connectivity index (χ4n) is 4.06. The van der Waals surface area contributed by atoms with E-state index in [0.717, 1.165) is 24.0 Å². The molecule has 1 aromatic heterocycles. The van der Waals surface area contributed by atoms with E-state index in [1.807, 2.05) is 36.7 Å². The molecule has 0 bridgehead atoms. The number of rotatable bonds is 13. The number of benzene rings is 2. The molecule has 0 amide bonds. The second-order valence-corrected chi connectivity index (χ2v) is 8.78. The standard InChI is InChI=1S/C29H37FN2/c1-3-5-7-8-9-11-13-24-21-31-29(32-22-24)26-18-19-27(28(30)20-26)25-16-14-23(15-17-25)12-10-6-4-2/h14-22H,3-13H2,1-2H3. The second kappa shape index (κ2) is 13.1. The van der Waals surface area contributed by atoms with Gasteiger partial charge in [0, 0.05) is 23.5 Å². The van der Waals surface area contributed by atoms with E-state index in [0.29, 0.717) is 17.0 Å². The monoisotopic (exact) mass is 432 g/mol. The van der Waals surface area contributed by atoms with Crippen molar-refractivity contribution in [3.05, 3.63) is 71.8 Å². The zero-order valence-corrected chi connectivity index (χ0v) is 19.7. The zero-order chi connectivity index (χ0) is 22.6. The van der Waals surface area contributed by atoms with Gasteiger partial charge in [-0.1, -0.05) is 95.2 Å². The Labute approximate surface area is 193 Å². The quantitative estimate of drug-likeness (QED) is 0.253. The maximum absolute atomic E-state index is 14.9. The van der Waals surface area contributed by atoms with Gasteiger partial charge >= 0.3 is 0 Å². The van der Waals surface area contributed by atoms with E-state index in [9.17, 15) is 4.39 Å². The number of hydrogen-bond donors (Lipinski definition) is 0. The summed E-state index contributed by atoms with van der Waals surface area (Å²) < 4.78 is 14.9. The molecule has 0 N–H and O–H groups in total. The van der Waals surface area contributed by atoms with Gasteiger partial charge in [-0.05, 0) is 48.4 Å². The number of unbranched alkanes of at least 4 members (excludes halogenated alkanes) is 7. The third-order valence-electron chi connectivity index (χ3n) is 6.09. The highest BCUT2D eigenvalue weighted by Crippen LogP contribution is 2.27. The predicted molar refractivity (Wildman–Crippen MR) is 133 cm³/mol. The minimum absolute atomic E-state index is 0.235. The normalized spacial score (nSPS) is 11.1. The molecule has 0 aliphatic carbocycles. The van der Waals surface area contributed by atoms with Crippen LogP contribution in [0.1, 0.15) is 82.8 Å². The Balaban J connectivity index is 1.58. The molecule has 0 radical (unpaired) electrons. The maximum Gasteiger partial charge on any atom is 0.159 e.